The summed E-state index contributed by atoms with van der Waals surface area (Å²) in [5.41, 5.74) is 1.59. The van der Waals surface area contributed by atoms with Gasteiger partial charge in [0, 0.05) is 11.2 Å². The first kappa shape index (κ1) is 16.1. The highest BCUT2D eigenvalue weighted by Crippen LogP contribution is 2.23. The fraction of sp³-hybridized carbons (Fsp3) is 0.111. The summed E-state index contributed by atoms with van der Waals surface area (Å²) in [6, 6.07) is 15.8. The molecule has 1 atom stereocenters. The lowest BCUT2D eigenvalue weighted by molar-refractivity contribution is 0.237. The Morgan fingerprint density at radius 2 is 2.08 bits per heavy atom. The van der Waals surface area contributed by atoms with E-state index in [9.17, 15) is 4.79 Å². The van der Waals surface area contributed by atoms with Crippen molar-refractivity contribution in [2.75, 3.05) is 0 Å². The quantitative estimate of drug-likeness (QED) is 0.739. The zero-order chi connectivity index (χ0) is 16.8. The van der Waals surface area contributed by atoms with E-state index < -0.39 is 6.04 Å². The minimum Gasteiger partial charge on any atom is -0.467 e. The van der Waals surface area contributed by atoms with Gasteiger partial charge in [-0.2, -0.15) is 0 Å². The maximum atomic E-state index is 12.3. The maximum Gasteiger partial charge on any atom is 0.315 e. The van der Waals surface area contributed by atoms with Crippen LogP contribution in [0.2, 0.25) is 5.02 Å². The molecule has 0 aliphatic carbocycles. The van der Waals surface area contributed by atoms with Crippen LogP contribution in [-0.4, -0.2) is 11.0 Å². The van der Waals surface area contributed by atoms with Crippen LogP contribution in [0.15, 0.2) is 71.5 Å². The second-order valence-corrected chi connectivity index (χ2v) is 5.59. The van der Waals surface area contributed by atoms with Crippen LogP contribution in [-0.2, 0) is 6.54 Å². The van der Waals surface area contributed by atoms with Crippen molar-refractivity contribution in [2.24, 2.45) is 0 Å². The minimum absolute atomic E-state index is 0.309. The molecule has 2 amide bonds. The van der Waals surface area contributed by atoms with E-state index in [0.29, 0.717) is 17.3 Å². The first-order valence-corrected chi connectivity index (χ1v) is 7.83. The largest absolute Gasteiger partial charge is 0.467 e. The number of halogens is 1. The molecular formula is C18H16ClN3O2. The van der Waals surface area contributed by atoms with Crippen molar-refractivity contribution >= 4 is 17.6 Å². The number of urea groups is 1. The van der Waals surface area contributed by atoms with Gasteiger partial charge in [0.05, 0.1) is 24.5 Å². The van der Waals surface area contributed by atoms with Gasteiger partial charge >= 0.3 is 6.03 Å². The molecule has 2 N–H and O–H groups in total. The number of hydrogen-bond acceptors (Lipinski definition) is 3. The topological polar surface area (TPSA) is 67.2 Å². The predicted molar refractivity (Wildman–Crippen MR) is 91.6 cm³/mol. The van der Waals surface area contributed by atoms with E-state index in [4.69, 9.17) is 16.0 Å². The highest BCUT2D eigenvalue weighted by molar-refractivity contribution is 6.30. The van der Waals surface area contributed by atoms with Gasteiger partial charge in [-0.3, -0.25) is 4.98 Å². The van der Waals surface area contributed by atoms with Crippen molar-refractivity contribution in [3.63, 3.8) is 0 Å². The second kappa shape index (κ2) is 7.66. The van der Waals surface area contributed by atoms with Crippen LogP contribution in [0.3, 0.4) is 0 Å². The first-order chi connectivity index (χ1) is 11.7. The summed E-state index contributed by atoms with van der Waals surface area (Å²) in [4.78, 5) is 16.6. The Hall–Kier alpha value is -2.79. The average Bonchev–Trinajstić information content (AvgIpc) is 3.12. The number of nitrogens with zero attached hydrogens (tertiary/aromatic N) is 1. The molecule has 0 fully saturated rings. The van der Waals surface area contributed by atoms with E-state index in [1.54, 1.807) is 30.7 Å². The van der Waals surface area contributed by atoms with Crippen molar-refractivity contribution < 1.29 is 9.21 Å². The number of rotatable bonds is 5. The summed E-state index contributed by atoms with van der Waals surface area (Å²) in [7, 11) is 0. The van der Waals surface area contributed by atoms with Crippen molar-refractivity contribution in [3.05, 3.63) is 89.1 Å². The Morgan fingerprint density at radius 1 is 1.17 bits per heavy atom. The number of hydrogen-bond donors (Lipinski definition) is 2. The molecule has 0 aliphatic rings. The second-order valence-electron chi connectivity index (χ2n) is 5.15. The molecule has 6 heteroatoms. The van der Waals surface area contributed by atoms with Crippen LogP contribution in [0.4, 0.5) is 4.79 Å². The number of pyridine rings is 1. The molecule has 122 valence electrons. The monoisotopic (exact) mass is 341 g/mol. The molecule has 2 aromatic heterocycles. The highest BCUT2D eigenvalue weighted by Gasteiger charge is 2.18. The Labute approximate surface area is 144 Å². The molecule has 0 radical (unpaired) electrons. The van der Waals surface area contributed by atoms with Gasteiger partial charge in [-0.25, -0.2) is 4.79 Å². The number of furan rings is 1. The van der Waals surface area contributed by atoms with Crippen LogP contribution < -0.4 is 10.6 Å². The van der Waals surface area contributed by atoms with Gasteiger partial charge in [-0.15, -0.1) is 0 Å². The third-order valence-electron chi connectivity index (χ3n) is 3.44. The number of benzene rings is 1. The molecule has 3 rings (SSSR count). The van der Waals surface area contributed by atoms with Gasteiger partial charge in [0.15, 0.2) is 0 Å². The molecule has 5 nitrogen and oxygen atoms in total. The molecule has 3 aromatic rings. The molecule has 0 bridgehead atoms. The SMILES string of the molecule is O=C(NCc1ccco1)N[C@@H](c1cccc(Cl)c1)c1ccccn1. The normalized spacial score (nSPS) is 11.7. The van der Waals surface area contributed by atoms with E-state index in [0.717, 1.165) is 11.3 Å². The van der Waals surface area contributed by atoms with Gasteiger partial charge in [-0.05, 0) is 42.0 Å². The van der Waals surface area contributed by atoms with E-state index in [1.807, 2.05) is 36.4 Å². The summed E-state index contributed by atoms with van der Waals surface area (Å²) in [5.74, 6) is 0.683. The Balaban J connectivity index is 1.76. The van der Waals surface area contributed by atoms with Gasteiger partial charge in [0.1, 0.15) is 5.76 Å². The molecule has 0 saturated heterocycles. The lowest BCUT2D eigenvalue weighted by Crippen LogP contribution is -2.38. The smallest absolute Gasteiger partial charge is 0.315 e. The summed E-state index contributed by atoms with van der Waals surface area (Å²) in [6.07, 6.45) is 3.26. The Bertz CT molecular complexity index is 791. The molecule has 24 heavy (non-hydrogen) atoms. The molecule has 1 aromatic carbocycles. The van der Waals surface area contributed by atoms with Crippen molar-refractivity contribution in [1.29, 1.82) is 0 Å². The maximum absolute atomic E-state index is 12.3. The van der Waals surface area contributed by atoms with E-state index in [-0.39, 0.29) is 6.03 Å². The van der Waals surface area contributed by atoms with Gasteiger partial charge in [0.2, 0.25) is 0 Å². The zero-order valence-corrected chi connectivity index (χ0v) is 13.5. The highest BCUT2D eigenvalue weighted by atomic mass is 35.5. The van der Waals surface area contributed by atoms with Crippen LogP contribution in [0.25, 0.3) is 0 Å². The van der Waals surface area contributed by atoms with E-state index >= 15 is 0 Å². The molecular weight excluding hydrogens is 326 g/mol. The molecule has 0 aliphatic heterocycles. The van der Waals surface area contributed by atoms with Crippen molar-refractivity contribution in [3.8, 4) is 0 Å². The third kappa shape index (κ3) is 4.14. The lowest BCUT2D eigenvalue weighted by atomic mass is 10.0. The van der Waals surface area contributed by atoms with E-state index in [2.05, 4.69) is 15.6 Å². The fourth-order valence-electron chi connectivity index (χ4n) is 2.32. The summed E-state index contributed by atoms with van der Waals surface area (Å²) in [6.45, 7) is 0.309. The number of aromatic nitrogens is 1. The summed E-state index contributed by atoms with van der Waals surface area (Å²) >= 11 is 6.08. The number of amides is 2. The van der Waals surface area contributed by atoms with Crippen LogP contribution in [0.5, 0.6) is 0 Å². The first-order valence-electron chi connectivity index (χ1n) is 7.45. The molecule has 0 saturated carbocycles. The van der Waals surface area contributed by atoms with Crippen LogP contribution >= 0.6 is 11.6 Å². The van der Waals surface area contributed by atoms with E-state index in [1.165, 1.54) is 0 Å². The van der Waals surface area contributed by atoms with Gasteiger partial charge < -0.3 is 15.1 Å². The summed E-state index contributed by atoms with van der Waals surface area (Å²) < 4.78 is 5.20. The summed E-state index contributed by atoms with van der Waals surface area (Å²) in [5, 5.41) is 6.29. The fourth-order valence-corrected chi connectivity index (χ4v) is 2.52. The number of nitrogens with one attached hydrogen (secondary N) is 2. The molecule has 0 unspecified atom stereocenters. The van der Waals surface area contributed by atoms with Gasteiger partial charge in [-0.1, -0.05) is 29.8 Å². The minimum atomic E-state index is -0.401. The molecule has 2 heterocycles. The Morgan fingerprint density at radius 3 is 2.79 bits per heavy atom. The van der Waals surface area contributed by atoms with Crippen LogP contribution in [0.1, 0.15) is 23.1 Å². The average molecular weight is 342 g/mol. The lowest BCUT2D eigenvalue weighted by Gasteiger charge is -2.19. The number of carbonyl (C=O) groups is 1. The van der Waals surface area contributed by atoms with Gasteiger partial charge in [0.25, 0.3) is 0 Å². The zero-order valence-electron chi connectivity index (χ0n) is 12.8. The third-order valence-corrected chi connectivity index (χ3v) is 3.68. The standard InChI is InChI=1S/C18H16ClN3O2/c19-14-6-3-5-13(11-14)17(16-8-1-2-9-20-16)22-18(23)21-12-15-7-4-10-24-15/h1-11,17H,12H2,(H2,21,22,23)/t17-/m0/s1. The molecule has 0 spiro atoms. The number of carbonyl (C=O) groups excluding carboxylic acids is 1. The predicted octanol–water partition coefficient (Wildman–Crippen LogP) is 3.92. The van der Waals surface area contributed by atoms with Crippen molar-refractivity contribution in [1.82, 2.24) is 15.6 Å². The van der Waals surface area contributed by atoms with Crippen LogP contribution in [0, 0.1) is 0 Å². The van der Waals surface area contributed by atoms with Crippen molar-refractivity contribution in [2.45, 2.75) is 12.6 Å². The Kier molecular flexibility index (Phi) is 5.13.